The van der Waals surface area contributed by atoms with E-state index in [-0.39, 0.29) is 4.88 Å². The highest BCUT2D eigenvalue weighted by Crippen LogP contribution is 2.36. The van der Waals surface area contributed by atoms with E-state index in [4.69, 9.17) is 4.55 Å². The molecule has 0 saturated heterocycles. The van der Waals surface area contributed by atoms with Gasteiger partial charge in [0.2, 0.25) is 5.44 Å². The lowest BCUT2D eigenvalue weighted by atomic mass is 10.1. The molecule has 18 heavy (non-hydrogen) atoms. The first kappa shape index (κ1) is 13.2. The lowest BCUT2D eigenvalue weighted by Crippen LogP contribution is -2.09. The Bertz CT molecular complexity index is 644. The summed E-state index contributed by atoms with van der Waals surface area (Å²) in [5.41, 5.74) is -0.0589. The highest BCUT2D eigenvalue weighted by molar-refractivity contribution is 7.86. The summed E-state index contributed by atoms with van der Waals surface area (Å²) in [6.45, 7) is 1.83. The molecule has 0 amide bonds. The number of hydrogen-bond donors (Lipinski definition) is 2. The van der Waals surface area contributed by atoms with Crippen molar-refractivity contribution in [2.24, 2.45) is 0 Å². The number of aliphatic hydroxyl groups is 1. The molecule has 0 aliphatic carbocycles. The SMILES string of the molecule is Cc1cc(C(O)S(=O)(=O)O)sc1-c1ccccc1. The number of thiophene rings is 1. The van der Waals surface area contributed by atoms with Gasteiger partial charge in [0.25, 0.3) is 10.1 Å². The largest absolute Gasteiger partial charge is 0.371 e. The molecule has 96 valence electrons. The Labute approximate surface area is 109 Å². The minimum absolute atomic E-state index is 0.217. The van der Waals surface area contributed by atoms with Crippen LogP contribution in [0.15, 0.2) is 36.4 Å². The van der Waals surface area contributed by atoms with Gasteiger partial charge in [-0.15, -0.1) is 11.3 Å². The van der Waals surface area contributed by atoms with Crippen LogP contribution >= 0.6 is 11.3 Å². The topological polar surface area (TPSA) is 74.6 Å². The van der Waals surface area contributed by atoms with Crippen LogP contribution in [0.25, 0.3) is 10.4 Å². The monoisotopic (exact) mass is 284 g/mol. The third kappa shape index (κ3) is 2.62. The maximum atomic E-state index is 10.9. The summed E-state index contributed by atoms with van der Waals surface area (Å²) in [4.78, 5) is 1.10. The van der Waals surface area contributed by atoms with Gasteiger partial charge in [0.05, 0.1) is 4.88 Å². The first-order valence-electron chi connectivity index (χ1n) is 5.19. The Hall–Kier alpha value is -1.21. The summed E-state index contributed by atoms with van der Waals surface area (Å²) in [5.74, 6) is 0. The van der Waals surface area contributed by atoms with E-state index in [1.807, 2.05) is 37.3 Å². The molecule has 0 aliphatic rings. The second kappa shape index (κ2) is 4.81. The molecule has 0 spiro atoms. The van der Waals surface area contributed by atoms with Crippen LogP contribution in [-0.2, 0) is 10.1 Å². The number of aliphatic hydroxyl groups excluding tert-OH is 1. The molecule has 2 rings (SSSR count). The first-order valence-corrected chi connectivity index (χ1v) is 7.51. The van der Waals surface area contributed by atoms with Gasteiger partial charge in [0, 0.05) is 4.88 Å². The molecule has 4 nitrogen and oxygen atoms in total. The van der Waals surface area contributed by atoms with Gasteiger partial charge in [-0.1, -0.05) is 30.3 Å². The Morgan fingerprint density at radius 3 is 2.39 bits per heavy atom. The van der Waals surface area contributed by atoms with Crippen molar-refractivity contribution in [1.82, 2.24) is 0 Å². The van der Waals surface area contributed by atoms with Crippen molar-refractivity contribution in [1.29, 1.82) is 0 Å². The number of benzene rings is 1. The quantitative estimate of drug-likeness (QED) is 0.850. The Kier molecular flexibility index (Phi) is 3.54. The molecular weight excluding hydrogens is 272 g/mol. The summed E-state index contributed by atoms with van der Waals surface area (Å²) in [5, 5.41) is 9.51. The Morgan fingerprint density at radius 1 is 1.22 bits per heavy atom. The van der Waals surface area contributed by atoms with Crippen molar-refractivity contribution in [2.45, 2.75) is 12.4 Å². The van der Waals surface area contributed by atoms with Gasteiger partial charge in [-0.3, -0.25) is 4.55 Å². The summed E-state index contributed by atoms with van der Waals surface area (Å²) < 4.78 is 30.6. The molecule has 2 N–H and O–H groups in total. The lowest BCUT2D eigenvalue weighted by Gasteiger charge is -2.03. The van der Waals surface area contributed by atoms with E-state index in [0.29, 0.717) is 0 Å². The normalized spacial score (nSPS) is 13.5. The highest BCUT2D eigenvalue weighted by Gasteiger charge is 2.24. The minimum atomic E-state index is -4.48. The smallest absolute Gasteiger partial charge is 0.297 e. The molecular formula is C12H12O4S2. The summed E-state index contributed by atoms with van der Waals surface area (Å²) in [7, 11) is -4.48. The fraction of sp³-hybridized carbons (Fsp3) is 0.167. The van der Waals surface area contributed by atoms with E-state index in [2.05, 4.69) is 0 Å². The standard InChI is InChI=1S/C12H12O4S2/c1-8-7-10(12(13)18(14,15)16)17-11(8)9-5-3-2-4-6-9/h2-7,12-13H,1H3,(H,14,15,16). The van der Waals surface area contributed by atoms with E-state index in [1.165, 1.54) is 0 Å². The molecule has 1 aromatic carbocycles. The molecule has 0 fully saturated rings. The zero-order chi connectivity index (χ0) is 13.3. The first-order chi connectivity index (χ1) is 8.39. The van der Waals surface area contributed by atoms with Crippen LogP contribution in [-0.4, -0.2) is 18.1 Å². The molecule has 1 heterocycles. The van der Waals surface area contributed by atoms with Crippen molar-refractivity contribution in [3.63, 3.8) is 0 Å². The van der Waals surface area contributed by atoms with Crippen LogP contribution in [0.5, 0.6) is 0 Å². The molecule has 2 aromatic rings. The van der Waals surface area contributed by atoms with Crippen LogP contribution in [0.2, 0.25) is 0 Å². The predicted molar refractivity (Wildman–Crippen MR) is 71.0 cm³/mol. The third-order valence-corrected chi connectivity index (χ3v) is 4.80. The molecule has 0 radical (unpaired) electrons. The average molecular weight is 284 g/mol. The summed E-state index contributed by atoms with van der Waals surface area (Å²) in [6, 6.07) is 11.0. The fourth-order valence-corrected chi connectivity index (χ4v) is 3.57. The van der Waals surface area contributed by atoms with Crippen molar-refractivity contribution in [2.75, 3.05) is 0 Å². The van der Waals surface area contributed by atoms with Gasteiger partial charge in [-0.25, -0.2) is 0 Å². The van der Waals surface area contributed by atoms with Crippen LogP contribution in [0, 0.1) is 6.92 Å². The molecule has 6 heteroatoms. The van der Waals surface area contributed by atoms with Gasteiger partial charge in [0.1, 0.15) is 0 Å². The lowest BCUT2D eigenvalue weighted by molar-refractivity contribution is 0.242. The minimum Gasteiger partial charge on any atom is -0.371 e. The molecule has 1 unspecified atom stereocenters. The number of hydrogen-bond acceptors (Lipinski definition) is 4. The van der Waals surface area contributed by atoms with Gasteiger partial charge in [-0.05, 0) is 24.1 Å². The molecule has 1 atom stereocenters. The van der Waals surface area contributed by atoms with Crippen molar-refractivity contribution in [3.8, 4) is 10.4 Å². The van der Waals surface area contributed by atoms with Crippen LogP contribution in [0.3, 0.4) is 0 Å². The maximum absolute atomic E-state index is 10.9. The average Bonchev–Trinajstić information content (AvgIpc) is 2.70. The summed E-state index contributed by atoms with van der Waals surface area (Å²) >= 11 is 1.16. The van der Waals surface area contributed by atoms with Crippen LogP contribution in [0.1, 0.15) is 15.9 Å². The van der Waals surface area contributed by atoms with E-state index in [1.54, 1.807) is 6.07 Å². The van der Waals surface area contributed by atoms with E-state index in [0.717, 1.165) is 27.3 Å². The van der Waals surface area contributed by atoms with E-state index < -0.39 is 15.6 Å². The third-order valence-electron chi connectivity index (χ3n) is 2.50. The zero-order valence-corrected chi connectivity index (χ0v) is 11.2. The Balaban J connectivity index is 2.46. The molecule has 1 aromatic heterocycles. The number of rotatable bonds is 3. The second-order valence-corrected chi connectivity index (χ2v) is 6.45. The van der Waals surface area contributed by atoms with Crippen molar-refractivity contribution in [3.05, 3.63) is 46.8 Å². The molecule has 0 aliphatic heterocycles. The predicted octanol–water partition coefficient (Wildman–Crippen LogP) is 2.60. The van der Waals surface area contributed by atoms with E-state index in [9.17, 15) is 13.5 Å². The second-order valence-electron chi connectivity index (χ2n) is 3.89. The summed E-state index contributed by atoms with van der Waals surface area (Å²) in [6.07, 6.45) is 0. The van der Waals surface area contributed by atoms with Crippen molar-refractivity contribution < 1.29 is 18.1 Å². The van der Waals surface area contributed by atoms with Gasteiger partial charge < -0.3 is 5.11 Å². The highest BCUT2D eigenvalue weighted by atomic mass is 32.2. The van der Waals surface area contributed by atoms with Gasteiger partial charge >= 0.3 is 0 Å². The molecule has 0 bridgehead atoms. The number of aryl methyl sites for hydroxylation is 1. The van der Waals surface area contributed by atoms with Gasteiger partial charge in [-0.2, -0.15) is 8.42 Å². The zero-order valence-electron chi connectivity index (χ0n) is 9.57. The Morgan fingerprint density at radius 2 is 1.83 bits per heavy atom. The van der Waals surface area contributed by atoms with Crippen molar-refractivity contribution >= 4 is 21.5 Å². The van der Waals surface area contributed by atoms with Crippen LogP contribution < -0.4 is 0 Å². The maximum Gasteiger partial charge on any atom is 0.297 e. The fourth-order valence-electron chi connectivity index (χ4n) is 1.65. The van der Waals surface area contributed by atoms with E-state index >= 15 is 0 Å². The molecule has 0 saturated carbocycles. The van der Waals surface area contributed by atoms with Crippen LogP contribution in [0.4, 0.5) is 0 Å². The van der Waals surface area contributed by atoms with Gasteiger partial charge in [0.15, 0.2) is 0 Å².